The van der Waals surface area contributed by atoms with Crippen molar-refractivity contribution in [3.05, 3.63) is 96.1 Å². The zero-order valence-corrected chi connectivity index (χ0v) is 13.1. The predicted octanol–water partition coefficient (Wildman–Crippen LogP) is 6.06. The first-order chi connectivity index (χ1) is 11.9. The maximum atomic E-state index is 9.75. The Morgan fingerprint density at radius 1 is 0.667 bits per heavy atom. The van der Waals surface area contributed by atoms with Crippen LogP contribution in [-0.4, -0.2) is 0 Å². The van der Waals surface area contributed by atoms with Crippen molar-refractivity contribution in [2.75, 3.05) is 0 Å². The Hall–Kier alpha value is -3.37. The normalized spacial score (nSPS) is 11.5. The number of nitriles is 1. The first-order valence-electron chi connectivity index (χ1n) is 7.94. The molecule has 0 aliphatic rings. The van der Waals surface area contributed by atoms with E-state index in [0.29, 0.717) is 5.57 Å². The van der Waals surface area contributed by atoms with Crippen LogP contribution in [0.25, 0.3) is 33.2 Å². The molecule has 0 radical (unpaired) electrons. The third-order valence-corrected chi connectivity index (χ3v) is 4.32. The number of hydrogen-bond donors (Lipinski definition) is 0. The highest BCUT2D eigenvalue weighted by molar-refractivity contribution is 6.04. The van der Waals surface area contributed by atoms with E-state index in [1.54, 1.807) is 0 Å². The van der Waals surface area contributed by atoms with Crippen LogP contribution in [0.4, 0.5) is 0 Å². The van der Waals surface area contributed by atoms with Gasteiger partial charge >= 0.3 is 0 Å². The molecule has 0 amide bonds. The Morgan fingerprint density at radius 3 is 2.00 bits per heavy atom. The second-order valence-corrected chi connectivity index (χ2v) is 5.76. The molecule has 0 aromatic heterocycles. The van der Waals surface area contributed by atoms with Crippen LogP contribution in [-0.2, 0) is 0 Å². The van der Waals surface area contributed by atoms with Gasteiger partial charge < -0.3 is 0 Å². The van der Waals surface area contributed by atoms with Crippen LogP contribution in [0.1, 0.15) is 11.1 Å². The van der Waals surface area contributed by atoms with Crippen LogP contribution in [0.5, 0.6) is 0 Å². The second kappa shape index (κ2) is 6.02. The fraction of sp³-hybridized carbons (Fsp3) is 0. The van der Waals surface area contributed by atoms with E-state index in [0.717, 1.165) is 27.3 Å². The molecule has 1 heteroatoms. The van der Waals surface area contributed by atoms with Gasteiger partial charge in [-0.05, 0) is 33.2 Å². The lowest BCUT2D eigenvalue weighted by molar-refractivity contribution is 1.53. The van der Waals surface area contributed by atoms with Crippen molar-refractivity contribution in [1.29, 1.82) is 5.26 Å². The van der Waals surface area contributed by atoms with Gasteiger partial charge in [-0.25, -0.2) is 0 Å². The van der Waals surface area contributed by atoms with Gasteiger partial charge in [0.05, 0.1) is 11.6 Å². The van der Waals surface area contributed by atoms with Gasteiger partial charge in [-0.3, -0.25) is 0 Å². The molecule has 0 bridgehead atoms. The maximum absolute atomic E-state index is 9.75. The number of benzene rings is 4. The molecule has 4 aromatic carbocycles. The molecule has 0 saturated heterocycles. The summed E-state index contributed by atoms with van der Waals surface area (Å²) in [6.45, 7) is 0. The first-order valence-corrected chi connectivity index (χ1v) is 7.94. The number of nitrogens with zero attached hydrogens (tertiary/aromatic N) is 1. The molecule has 0 atom stereocenters. The number of allylic oxidation sites excluding steroid dienone is 1. The number of fused-ring (bicyclic) bond motifs is 2. The SMILES string of the molecule is N#C/C(=C\c1cccc2ccccc12)c1cccc2ccccc12. The van der Waals surface area contributed by atoms with Gasteiger partial charge in [0.1, 0.15) is 0 Å². The van der Waals surface area contributed by atoms with E-state index in [1.807, 2.05) is 48.5 Å². The summed E-state index contributed by atoms with van der Waals surface area (Å²) >= 11 is 0. The molecule has 4 rings (SSSR count). The number of rotatable bonds is 2. The van der Waals surface area contributed by atoms with Gasteiger partial charge in [0.25, 0.3) is 0 Å². The minimum absolute atomic E-state index is 0.683. The van der Waals surface area contributed by atoms with Crippen molar-refractivity contribution in [1.82, 2.24) is 0 Å². The van der Waals surface area contributed by atoms with Gasteiger partial charge in [0.15, 0.2) is 0 Å². The maximum Gasteiger partial charge on any atom is 0.0998 e. The molecule has 24 heavy (non-hydrogen) atoms. The average Bonchev–Trinajstić information content (AvgIpc) is 2.66. The molecular weight excluding hydrogens is 290 g/mol. The lowest BCUT2D eigenvalue weighted by atomic mass is 9.96. The van der Waals surface area contributed by atoms with Gasteiger partial charge in [-0.2, -0.15) is 5.26 Å². The zero-order valence-electron chi connectivity index (χ0n) is 13.1. The van der Waals surface area contributed by atoms with Gasteiger partial charge in [-0.1, -0.05) is 84.9 Å². The summed E-state index contributed by atoms with van der Waals surface area (Å²) in [7, 11) is 0. The fourth-order valence-electron chi connectivity index (χ4n) is 3.16. The molecule has 112 valence electrons. The molecule has 0 aliphatic heterocycles. The Morgan fingerprint density at radius 2 is 1.25 bits per heavy atom. The molecule has 0 spiro atoms. The Labute approximate surface area is 141 Å². The van der Waals surface area contributed by atoms with Crippen molar-refractivity contribution < 1.29 is 0 Å². The van der Waals surface area contributed by atoms with Crippen molar-refractivity contribution in [3.8, 4) is 6.07 Å². The van der Waals surface area contributed by atoms with Crippen molar-refractivity contribution >= 4 is 33.2 Å². The van der Waals surface area contributed by atoms with E-state index in [4.69, 9.17) is 0 Å². The predicted molar refractivity (Wildman–Crippen MR) is 101 cm³/mol. The molecule has 0 fully saturated rings. The van der Waals surface area contributed by atoms with Crippen molar-refractivity contribution in [3.63, 3.8) is 0 Å². The van der Waals surface area contributed by atoms with Gasteiger partial charge in [-0.15, -0.1) is 0 Å². The van der Waals surface area contributed by atoms with Gasteiger partial charge in [0.2, 0.25) is 0 Å². The van der Waals surface area contributed by atoms with E-state index in [-0.39, 0.29) is 0 Å². The molecule has 0 N–H and O–H groups in total. The molecule has 4 aromatic rings. The summed E-state index contributed by atoms with van der Waals surface area (Å²) in [4.78, 5) is 0. The highest BCUT2D eigenvalue weighted by Gasteiger charge is 2.07. The quantitative estimate of drug-likeness (QED) is 0.326. The Balaban J connectivity index is 1.95. The van der Waals surface area contributed by atoms with Crippen LogP contribution in [0.15, 0.2) is 84.9 Å². The second-order valence-electron chi connectivity index (χ2n) is 5.76. The highest BCUT2D eigenvalue weighted by atomic mass is 14.3. The van der Waals surface area contributed by atoms with Crippen LogP contribution < -0.4 is 0 Å². The molecule has 0 unspecified atom stereocenters. The standard InChI is InChI=1S/C23H15N/c24-16-20(23-14-6-10-18-8-2-4-13-22(18)23)15-19-11-5-9-17-7-1-3-12-21(17)19/h1-15H/b20-15+. The van der Waals surface area contributed by atoms with Crippen molar-refractivity contribution in [2.45, 2.75) is 0 Å². The Bertz CT molecular complexity index is 1100. The smallest absolute Gasteiger partial charge is 0.0998 e. The zero-order chi connectivity index (χ0) is 16.4. The fourth-order valence-corrected chi connectivity index (χ4v) is 3.16. The van der Waals surface area contributed by atoms with E-state index in [9.17, 15) is 5.26 Å². The third kappa shape index (κ3) is 2.45. The number of hydrogen-bond acceptors (Lipinski definition) is 1. The van der Waals surface area contributed by atoms with E-state index >= 15 is 0 Å². The van der Waals surface area contributed by atoms with Crippen LogP contribution in [0.2, 0.25) is 0 Å². The highest BCUT2D eigenvalue weighted by Crippen LogP contribution is 2.28. The average molecular weight is 305 g/mol. The summed E-state index contributed by atoms with van der Waals surface area (Å²) in [5, 5.41) is 14.3. The summed E-state index contributed by atoms with van der Waals surface area (Å²) in [5.74, 6) is 0. The van der Waals surface area contributed by atoms with Crippen LogP contribution in [0, 0.1) is 11.3 Å². The third-order valence-electron chi connectivity index (χ3n) is 4.32. The van der Waals surface area contributed by atoms with Crippen molar-refractivity contribution in [2.24, 2.45) is 0 Å². The summed E-state index contributed by atoms with van der Waals surface area (Å²) in [5.41, 5.74) is 2.73. The minimum Gasteiger partial charge on any atom is -0.192 e. The van der Waals surface area contributed by atoms with E-state index in [1.165, 1.54) is 5.39 Å². The summed E-state index contributed by atoms with van der Waals surface area (Å²) < 4.78 is 0. The monoisotopic (exact) mass is 305 g/mol. The summed E-state index contributed by atoms with van der Waals surface area (Å²) in [6.07, 6.45) is 1.99. The lowest BCUT2D eigenvalue weighted by Crippen LogP contribution is -1.86. The van der Waals surface area contributed by atoms with Crippen LogP contribution >= 0.6 is 0 Å². The molecule has 0 heterocycles. The van der Waals surface area contributed by atoms with Gasteiger partial charge in [0, 0.05) is 5.56 Å². The largest absolute Gasteiger partial charge is 0.192 e. The minimum atomic E-state index is 0.683. The molecule has 1 nitrogen and oxygen atoms in total. The lowest BCUT2D eigenvalue weighted by Gasteiger charge is -2.07. The molecular formula is C23H15N. The van der Waals surface area contributed by atoms with E-state index in [2.05, 4.69) is 48.5 Å². The topological polar surface area (TPSA) is 23.8 Å². The molecule has 0 saturated carbocycles. The first kappa shape index (κ1) is 14.2. The van der Waals surface area contributed by atoms with E-state index < -0.39 is 0 Å². The van der Waals surface area contributed by atoms with Crippen LogP contribution in [0.3, 0.4) is 0 Å². The Kier molecular flexibility index (Phi) is 3.57. The molecule has 0 aliphatic carbocycles. The summed E-state index contributed by atoms with van der Waals surface area (Å²) in [6, 6.07) is 31.1.